The summed E-state index contributed by atoms with van der Waals surface area (Å²) in [5.41, 5.74) is -0.121. The molecule has 0 heterocycles. The second-order valence-electron chi connectivity index (χ2n) is 3.34. The monoisotopic (exact) mass is 282 g/mol. The molecule has 18 heavy (non-hydrogen) atoms. The Balaban J connectivity index is 2.21. The van der Waals surface area contributed by atoms with Gasteiger partial charge in [0.15, 0.2) is 0 Å². The SMILES string of the molecule is O=[N+]([O-])c1[c]cc(Oc2ccc(Cl)cc2Cl)cc1. The first-order valence-corrected chi connectivity index (χ1v) is 5.61. The molecule has 0 fully saturated rings. The molecule has 0 aliphatic heterocycles. The number of nitro benzene ring substituents is 1. The molecule has 0 saturated carbocycles. The Bertz CT molecular complexity index is 584. The maximum Gasteiger partial charge on any atom is 0.277 e. The molecule has 0 N–H and O–H groups in total. The van der Waals surface area contributed by atoms with Crippen LogP contribution in [0.25, 0.3) is 0 Å². The Morgan fingerprint density at radius 3 is 2.56 bits per heavy atom. The molecule has 2 aromatic carbocycles. The molecule has 2 rings (SSSR count). The molecule has 0 aromatic heterocycles. The van der Waals surface area contributed by atoms with Crippen LogP contribution in [0.5, 0.6) is 11.5 Å². The van der Waals surface area contributed by atoms with E-state index in [1.807, 2.05) is 0 Å². The number of benzene rings is 2. The molecule has 0 amide bonds. The summed E-state index contributed by atoms with van der Waals surface area (Å²) in [6, 6.07) is 11.5. The van der Waals surface area contributed by atoms with Gasteiger partial charge >= 0.3 is 0 Å². The highest BCUT2D eigenvalue weighted by Crippen LogP contribution is 2.31. The number of hydrogen-bond donors (Lipinski definition) is 0. The maximum absolute atomic E-state index is 10.5. The molecule has 0 saturated heterocycles. The quantitative estimate of drug-likeness (QED) is 0.615. The van der Waals surface area contributed by atoms with Crippen molar-refractivity contribution in [3.8, 4) is 11.5 Å². The van der Waals surface area contributed by atoms with E-state index < -0.39 is 4.92 Å². The molecule has 0 aliphatic carbocycles. The lowest BCUT2D eigenvalue weighted by atomic mass is 10.3. The standard InChI is InChI=1S/C12H6Cl2NO3/c13-8-1-6-12(11(14)7-8)18-10-4-2-9(3-5-10)15(16)17/h1-2,4-7H. The van der Waals surface area contributed by atoms with Gasteiger partial charge in [-0.1, -0.05) is 23.2 Å². The van der Waals surface area contributed by atoms with Crippen LogP contribution in [0.3, 0.4) is 0 Å². The highest BCUT2D eigenvalue weighted by molar-refractivity contribution is 6.35. The summed E-state index contributed by atoms with van der Waals surface area (Å²) in [5.74, 6) is 0.827. The molecule has 2 aromatic rings. The Labute approximate surface area is 113 Å². The zero-order chi connectivity index (χ0) is 13.1. The van der Waals surface area contributed by atoms with Gasteiger partial charge in [-0.05, 0) is 30.3 Å². The van der Waals surface area contributed by atoms with Crippen LogP contribution in [0.2, 0.25) is 10.0 Å². The van der Waals surface area contributed by atoms with E-state index in [-0.39, 0.29) is 5.69 Å². The number of halogens is 2. The minimum atomic E-state index is -0.529. The smallest absolute Gasteiger partial charge is 0.277 e. The highest BCUT2D eigenvalue weighted by atomic mass is 35.5. The topological polar surface area (TPSA) is 52.4 Å². The van der Waals surface area contributed by atoms with Crippen LogP contribution in [0, 0.1) is 16.2 Å². The van der Waals surface area contributed by atoms with Crippen molar-refractivity contribution in [2.45, 2.75) is 0 Å². The summed E-state index contributed by atoms with van der Waals surface area (Å²) in [6.07, 6.45) is 0. The van der Waals surface area contributed by atoms with E-state index in [4.69, 9.17) is 27.9 Å². The van der Waals surface area contributed by atoms with Crippen LogP contribution in [0.1, 0.15) is 0 Å². The molecular formula is C12H6Cl2NO3. The molecule has 0 bridgehead atoms. The molecule has 6 heteroatoms. The lowest BCUT2D eigenvalue weighted by Gasteiger charge is -2.07. The van der Waals surface area contributed by atoms with Crippen molar-refractivity contribution in [2.75, 3.05) is 0 Å². The number of hydrogen-bond acceptors (Lipinski definition) is 3. The van der Waals surface area contributed by atoms with E-state index in [2.05, 4.69) is 6.07 Å². The molecule has 4 nitrogen and oxygen atoms in total. The number of rotatable bonds is 3. The first kappa shape index (κ1) is 12.7. The first-order chi connectivity index (χ1) is 8.56. The van der Waals surface area contributed by atoms with Gasteiger partial charge in [0.2, 0.25) is 0 Å². The van der Waals surface area contributed by atoms with E-state index >= 15 is 0 Å². The van der Waals surface area contributed by atoms with Crippen molar-refractivity contribution in [1.82, 2.24) is 0 Å². The highest BCUT2D eigenvalue weighted by Gasteiger charge is 2.07. The second kappa shape index (κ2) is 5.25. The average molecular weight is 283 g/mol. The van der Waals surface area contributed by atoms with Crippen LogP contribution in [0.4, 0.5) is 5.69 Å². The minimum Gasteiger partial charge on any atom is -0.456 e. The van der Waals surface area contributed by atoms with Crippen LogP contribution >= 0.6 is 23.2 Å². The normalized spacial score (nSPS) is 10.1. The van der Waals surface area contributed by atoms with Crippen molar-refractivity contribution in [3.63, 3.8) is 0 Å². The van der Waals surface area contributed by atoms with E-state index in [0.29, 0.717) is 21.5 Å². The van der Waals surface area contributed by atoms with Gasteiger partial charge in [0.1, 0.15) is 11.5 Å². The Morgan fingerprint density at radius 1 is 1.22 bits per heavy atom. The fourth-order valence-corrected chi connectivity index (χ4v) is 1.71. The molecule has 0 spiro atoms. The van der Waals surface area contributed by atoms with Gasteiger partial charge in [0.05, 0.1) is 16.0 Å². The summed E-state index contributed by atoms with van der Waals surface area (Å²) in [5, 5.41) is 11.3. The van der Waals surface area contributed by atoms with Crippen LogP contribution in [-0.4, -0.2) is 4.92 Å². The van der Waals surface area contributed by atoms with Crippen molar-refractivity contribution in [3.05, 3.63) is 62.6 Å². The van der Waals surface area contributed by atoms with Gasteiger partial charge in [-0.25, -0.2) is 0 Å². The van der Waals surface area contributed by atoms with Gasteiger partial charge in [-0.3, -0.25) is 10.1 Å². The van der Waals surface area contributed by atoms with E-state index in [0.717, 1.165) is 0 Å². The fourth-order valence-electron chi connectivity index (χ4n) is 1.26. The summed E-state index contributed by atoms with van der Waals surface area (Å²) in [6.45, 7) is 0. The second-order valence-corrected chi connectivity index (χ2v) is 4.19. The number of nitro groups is 1. The molecule has 1 radical (unpaired) electrons. The molecule has 0 atom stereocenters. The van der Waals surface area contributed by atoms with Crippen LogP contribution < -0.4 is 4.74 Å². The van der Waals surface area contributed by atoms with E-state index in [1.54, 1.807) is 18.2 Å². The minimum absolute atomic E-state index is 0.121. The van der Waals surface area contributed by atoms with Gasteiger partial charge in [0.25, 0.3) is 5.69 Å². The number of ether oxygens (including phenoxy) is 1. The molecule has 0 aliphatic rings. The Hall–Kier alpha value is -1.78. The van der Waals surface area contributed by atoms with Crippen molar-refractivity contribution < 1.29 is 9.66 Å². The molecule has 91 valence electrons. The van der Waals surface area contributed by atoms with Crippen molar-refractivity contribution >= 4 is 28.9 Å². The zero-order valence-corrected chi connectivity index (χ0v) is 10.4. The summed E-state index contributed by atoms with van der Waals surface area (Å²) in [7, 11) is 0. The third kappa shape index (κ3) is 2.91. The number of nitrogens with zero attached hydrogens (tertiary/aromatic N) is 1. The summed E-state index contributed by atoms with van der Waals surface area (Å²) in [4.78, 5) is 9.93. The van der Waals surface area contributed by atoms with Gasteiger partial charge < -0.3 is 4.74 Å². The predicted molar refractivity (Wildman–Crippen MR) is 68.5 cm³/mol. The van der Waals surface area contributed by atoms with E-state index in [9.17, 15) is 10.1 Å². The lowest BCUT2D eigenvalue weighted by Crippen LogP contribution is -1.89. The summed E-state index contributed by atoms with van der Waals surface area (Å²) < 4.78 is 5.45. The van der Waals surface area contributed by atoms with Gasteiger partial charge in [-0.15, -0.1) is 0 Å². The third-order valence-corrected chi connectivity index (χ3v) is 2.62. The number of non-ortho nitro benzene ring substituents is 1. The predicted octanol–water partition coefficient (Wildman–Crippen LogP) is 4.49. The zero-order valence-electron chi connectivity index (χ0n) is 8.89. The Kier molecular flexibility index (Phi) is 3.69. The van der Waals surface area contributed by atoms with Gasteiger partial charge in [0, 0.05) is 11.1 Å². The van der Waals surface area contributed by atoms with Crippen molar-refractivity contribution in [1.29, 1.82) is 0 Å². The van der Waals surface area contributed by atoms with Gasteiger partial charge in [-0.2, -0.15) is 0 Å². The fraction of sp³-hybridized carbons (Fsp3) is 0. The maximum atomic E-state index is 10.5. The molecular weight excluding hydrogens is 277 g/mol. The largest absolute Gasteiger partial charge is 0.456 e. The van der Waals surface area contributed by atoms with Crippen LogP contribution in [-0.2, 0) is 0 Å². The molecule has 0 unspecified atom stereocenters. The first-order valence-electron chi connectivity index (χ1n) is 4.85. The average Bonchev–Trinajstić information content (AvgIpc) is 2.33. The third-order valence-electron chi connectivity index (χ3n) is 2.09. The van der Waals surface area contributed by atoms with E-state index in [1.165, 1.54) is 18.2 Å². The Morgan fingerprint density at radius 2 is 2.00 bits per heavy atom. The lowest BCUT2D eigenvalue weighted by molar-refractivity contribution is -0.385. The summed E-state index contributed by atoms with van der Waals surface area (Å²) >= 11 is 11.7. The van der Waals surface area contributed by atoms with Crippen LogP contribution in [0.15, 0.2) is 36.4 Å². The van der Waals surface area contributed by atoms with Crippen molar-refractivity contribution in [2.24, 2.45) is 0 Å².